The van der Waals surface area contributed by atoms with Crippen molar-refractivity contribution in [2.75, 3.05) is 56.1 Å². The zero-order chi connectivity index (χ0) is 46.0. The summed E-state index contributed by atoms with van der Waals surface area (Å²) in [5.74, 6) is -6.16. The van der Waals surface area contributed by atoms with Crippen molar-refractivity contribution in [1.82, 2.24) is 10.2 Å². The maximum absolute atomic E-state index is 13.4. The van der Waals surface area contributed by atoms with Crippen LogP contribution in [0.1, 0.15) is 53.9 Å². The van der Waals surface area contributed by atoms with E-state index in [4.69, 9.17) is 9.47 Å². The van der Waals surface area contributed by atoms with Crippen LogP contribution in [-0.2, 0) is 9.59 Å². The predicted octanol–water partition coefficient (Wildman–Crippen LogP) is 5.36. The minimum absolute atomic E-state index is 0.00542. The van der Waals surface area contributed by atoms with Gasteiger partial charge in [0.25, 0.3) is 23.6 Å². The molecule has 5 aromatic carbocycles. The number of amides is 5. The van der Waals surface area contributed by atoms with Gasteiger partial charge in [-0.25, -0.2) is 4.79 Å². The third-order valence-corrected chi connectivity index (χ3v) is 9.27. The van der Waals surface area contributed by atoms with E-state index < -0.39 is 52.7 Å². The molecule has 18 heteroatoms. The zero-order valence-electron chi connectivity index (χ0n) is 34.6. The second kappa shape index (κ2) is 20.3. The summed E-state index contributed by atoms with van der Waals surface area (Å²) in [6, 6.07) is 22.1. The Bertz CT molecular complexity index is 2570. The molecule has 63 heavy (non-hydrogen) atoms. The fourth-order valence-corrected chi connectivity index (χ4v) is 6.05. The van der Waals surface area contributed by atoms with Gasteiger partial charge in [-0.3, -0.25) is 24.0 Å². The molecule has 5 rings (SSSR count). The first-order valence-electron chi connectivity index (χ1n) is 18.9. The Morgan fingerprint density at radius 1 is 0.619 bits per heavy atom. The normalized spacial score (nSPS) is 11.5. The largest absolute Gasteiger partial charge is 0.508 e. The smallest absolute Gasteiger partial charge is 0.339 e. The van der Waals surface area contributed by atoms with Crippen molar-refractivity contribution in [1.29, 1.82) is 0 Å². The number of anilines is 4. The molecule has 326 valence electrons. The van der Waals surface area contributed by atoms with Crippen LogP contribution in [0.3, 0.4) is 0 Å². The summed E-state index contributed by atoms with van der Waals surface area (Å²) < 4.78 is 10.4. The minimum atomic E-state index is -1.42. The molecular formula is C45H44N6O12. The topological polar surface area (TPSA) is 265 Å². The van der Waals surface area contributed by atoms with E-state index in [-0.39, 0.29) is 57.8 Å². The Balaban J connectivity index is 1.20. The minimum Gasteiger partial charge on any atom is -0.508 e. The molecule has 0 spiro atoms. The number of hydrogen-bond acceptors (Lipinski definition) is 12. The number of rotatable bonds is 16. The van der Waals surface area contributed by atoms with Gasteiger partial charge in [0.2, 0.25) is 5.91 Å². The van der Waals surface area contributed by atoms with E-state index in [1.165, 1.54) is 80.9 Å². The first-order valence-corrected chi connectivity index (χ1v) is 18.9. The number of benzene rings is 5. The van der Waals surface area contributed by atoms with E-state index in [1.54, 1.807) is 56.3 Å². The molecule has 1 atom stereocenters. The number of nitrogens with one attached hydrogen (secondary N) is 5. The maximum atomic E-state index is 13.4. The Labute approximate surface area is 360 Å². The summed E-state index contributed by atoms with van der Waals surface area (Å²) in [6.45, 7) is 1.79. The molecule has 0 aromatic heterocycles. The molecule has 0 heterocycles. The van der Waals surface area contributed by atoms with Crippen molar-refractivity contribution in [3.8, 4) is 28.7 Å². The van der Waals surface area contributed by atoms with Gasteiger partial charge in [0, 0.05) is 34.6 Å². The number of carbonyl (C=O) groups excluding carboxylic acids is 5. The number of likely N-dealkylation sites (N-methyl/N-ethyl adjacent to an activating group) is 1. The van der Waals surface area contributed by atoms with Gasteiger partial charge in [-0.2, -0.15) is 0 Å². The highest BCUT2D eigenvalue weighted by Crippen LogP contribution is 2.40. The average molecular weight is 861 g/mol. The Kier molecular flexibility index (Phi) is 14.7. The molecule has 18 nitrogen and oxygen atoms in total. The van der Waals surface area contributed by atoms with Gasteiger partial charge < -0.3 is 61.4 Å². The number of ether oxygens (including phenoxy) is 2. The second-order valence-corrected chi connectivity index (χ2v) is 14.1. The molecule has 0 aliphatic carbocycles. The molecule has 0 aliphatic rings. The highest BCUT2D eigenvalue weighted by Gasteiger charge is 2.25. The van der Waals surface area contributed by atoms with Gasteiger partial charge >= 0.3 is 5.97 Å². The number of aromatic carboxylic acids is 1. The highest BCUT2D eigenvalue weighted by atomic mass is 16.5. The molecule has 0 aliphatic heterocycles. The van der Waals surface area contributed by atoms with Gasteiger partial charge in [-0.15, -0.1) is 0 Å². The van der Waals surface area contributed by atoms with Crippen LogP contribution in [0.25, 0.3) is 6.08 Å². The summed E-state index contributed by atoms with van der Waals surface area (Å²) in [6.07, 6.45) is 1.67. The van der Waals surface area contributed by atoms with Crippen LogP contribution in [0, 0.1) is 0 Å². The molecule has 0 saturated heterocycles. The van der Waals surface area contributed by atoms with Gasteiger partial charge in [0.05, 0.1) is 31.2 Å². The summed E-state index contributed by atoms with van der Waals surface area (Å²) in [5, 5.41) is 53.3. The Morgan fingerprint density at radius 3 is 1.63 bits per heavy atom. The van der Waals surface area contributed by atoms with E-state index in [0.29, 0.717) is 16.9 Å². The second-order valence-electron chi connectivity index (χ2n) is 14.1. The van der Waals surface area contributed by atoms with E-state index in [0.717, 1.165) is 11.6 Å². The molecule has 0 radical (unpaired) electrons. The van der Waals surface area contributed by atoms with Crippen molar-refractivity contribution < 1.29 is 58.7 Å². The SMILES string of the molecule is COc1c(NC(=O)c2ccc(NC(=O)c3ccc(NC(=O)[C@@H](CN(C)C)NC(=O)c4ccc(NC(=O)/C(C)=C/c5ccc(O)cc5)cc4)cc3)c(OC)c2O)ccc(C(=O)O)c1O. The molecule has 5 amide bonds. The fourth-order valence-electron chi connectivity index (χ4n) is 6.05. The van der Waals surface area contributed by atoms with Crippen molar-refractivity contribution >= 4 is 64.3 Å². The third-order valence-electron chi connectivity index (χ3n) is 9.27. The summed E-state index contributed by atoms with van der Waals surface area (Å²) in [5.41, 5.74) is 1.48. The lowest BCUT2D eigenvalue weighted by atomic mass is 10.1. The van der Waals surface area contributed by atoms with Crippen molar-refractivity contribution in [3.05, 3.63) is 130 Å². The number of aromatic hydroxyl groups is 3. The van der Waals surface area contributed by atoms with Crippen molar-refractivity contribution in [2.45, 2.75) is 13.0 Å². The standard InChI is InChI=1S/C45H44N6O12/c1-24(22-25-6-16-30(52)17-7-25)40(55)46-28-12-8-27(9-13-28)42(57)50-35(23-51(2)3)44(59)47-29-14-10-26(11-15-29)41(56)48-33-20-18-31(36(53)38(33)62-4)43(58)49-34-21-19-32(45(60)61)37(54)39(34)63-5/h6-22,35,52-54H,23H2,1-5H3,(H,46,55)(H,47,59)(H,48,56)(H,49,58)(H,50,57)(H,60,61)/b24-22+/t35-/m1/s1. The average Bonchev–Trinajstić information content (AvgIpc) is 3.24. The fraction of sp³-hybridized carbons (Fsp3) is 0.156. The van der Waals surface area contributed by atoms with Crippen molar-refractivity contribution in [2.24, 2.45) is 0 Å². The quantitative estimate of drug-likeness (QED) is 0.0567. The lowest BCUT2D eigenvalue weighted by Crippen LogP contribution is -2.49. The van der Waals surface area contributed by atoms with E-state index in [9.17, 15) is 49.2 Å². The van der Waals surface area contributed by atoms with E-state index in [2.05, 4.69) is 26.6 Å². The number of nitrogens with zero attached hydrogens (tertiary/aromatic N) is 1. The van der Waals surface area contributed by atoms with E-state index in [1.807, 2.05) is 0 Å². The van der Waals surface area contributed by atoms with Crippen LogP contribution in [0.2, 0.25) is 0 Å². The molecule has 5 aromatic rings. The summed E-state index contributed by atoms with van der Waals surface area (Å²) >= 11 is 0. The number of carboxylic acids is 1. The number of carbonyl (C=O) groups is 6. The lowest BCUT2D eigenvalue weighted by molar-refractivity contribution is -0.118. The Morgan fingerprint density at radius 2 is 1.11 bits per heavy atom. The van der Waals surface area contributed by atoms with Gasteiger partial charge in [0.1, 0.15) is 17.4 Å². The van der Waals surface area contributed by atoms with Crippen LogP contribution in [0.15, 0.2) is 103 Å². The molecule has 0 bridgehead atoms. The Hall–Kier alpha value is -8.38. The summed E-state index contributed by atoms with van der Waals surface area (Å²) in [7, 11) is 5.85. The van der Waals surface area contributed by atoms with E-state index >= 15 is 0 Å². The van der Waals surface area contributed by atoms with Gasteiger partial charge in [-0.1, -0.05) is 12.1 Å². The number of methoxy groups -OCH3 is 2. The molecule has 9 N–H and O–H groups in total. The highest BCUT2D eigenvalue weighted by molar-refractivity contribution is 6.11. The van der Waals surface area contributed by atoms with Crippen LogP contribution in [0.4, 0.5) is 22.7 Å². The first kappa shape index (κ1) is 45.7. The predicted molar refractivity (Wildman–Crippen MR) is 234 cm³/mol. The zero-order valence-corrected chi connectivity index (χ0v) is 34.6. The molecular weight excluding hydrogens is 817 g/mol. The first-order chi connectivity index (χ1) is 30.0. The monoisotopic (exact) mass is 860 g/mol. The van der Waals surface area contributed by atoms with Crippen LogP contribution in [0.5, 0.6) is 28.7 Å². The van der Waals surface area contributed by atoms with Crippen LogP contribution in [-0.4, -0.2) is 102 Å². The van der Waals surface area contributed by atoms with Crippen molar-refractivity contribution in [3.63, 3.8) is 0 Å². The van der Waals surface area contributed by atoms with Gasteiger partial charge in [-0.05, 0) is 118 Å². The summed E-state index contributed by atoms with van der Waals surface area (Å²) in [4.78, 5) is 78.9. The number of phenols is 3. The molecule has 0 unspecified atom stereocenters. The maximum Gasteiger partial charge on any atom is 0.339 e. The number of phenolic OH excluding ortho intramolecular Hbond substituents is 2. The third kappa shape index (κ3) is 11.5. The number of hydrogen-bond donors (Lipinski definition) is 9. The molecule has 0 fully saturated rings. The lowest BCUT2D eigenvalue weighted by Gasteiger charge is -2.22. The molecule has 0 saturated carbocycles. The van der Waals surface area contributed by atoms with Crippen LogP contribution >= 0.6 is 0 Å². The van der Waals surface area contributed by atoms with Crippen LogP contribution < -0.4 is 36.1 Å². The van der Waals surface area contributed by atoms with Gasteiger partial charge in [0.15, 0.2) is 23.0 Å². The number of carboxylic acid groups (broad SMARTS) is 1.